The highest BCUT2D eigenvalue weighted by Gasteiger charge is 2.08. The van der Waals surface area contributed by atoms with Crippen LogP contribution in [0.3, 0.4) is 0 Å². The molecular formula is C21H16N4O2S2. The second-order valence-electron chi connectivity index (χ2n) is 6.08. The maximum absolute atomic E-state index is 12.1. The van der Waals surface area contributed by atoms with Gasteiger partial charge in [-0.05, 0) is 65.6 Å². The Hall–Kier alpha value is -3.36. The van der Waals surface area contributed by atoms with Crippen LogP contribution in [-0.2, 0) is 6.42 Å². The number of hydrogen-bond acceptors (Lipinski definition) is 6. The molecule has 0 amide bonds. The summed E-state index contributed by atoms with van der Waals surface area (Å²) in [5.74, 6) is 0.811. The first-order valence-corrected chi connectivity index (χ1v) is 10.1. The van der Waals surface area contributed by atoms with Crippen molar-refractivity contribution < 1.29 is 9.53 Å². The number of carbonyl (C=O) groups is 1. The summed E-state index contributed by atoms with van der Waals surface area (Å²) in [4.78, 5) is 13.3. The third-order valence-corrected chi connectivity index (χ3v) is 5.19. The van der Waals surface area contributed by atoms with Gasteiger partial charge in [0.1, 0.15) is 5.75 Å². The molecule has 0 radical (unpaired) electrons. The van der Waals surface area contributed by atoms with E-state index in [1.54, 1.807) is 58.6 Å². The fraction of sp³-hybridized carbons (Fsp3) is 0.0476. The van der Waals surface area contributed by atoms with E-state index in [1.807, 2.05) is 35.7 Å². The average Bonchev–Trinajstić information content (AvgIpc) is 3.38. The third kappa shape index (κ3) is 4.74. The summed E-state index contributed by atoms with van der Waals surface area (Å²) < 4.78 is 7.42. The van der Waals surface area contributed by atoms with E-state index in [1.165, 1.54) is 4.88 Å². The number of esters is 1. The van der Waals surface area contributed by atoms with Crippen LogP contribution in [0.4, 0.5) is 0 Å². The molecule has 0 saturated carbocycles. The highest BCUT2D eigenvalue weighted by molar-refractivity contribution is 7.71. The van der Waals surface area contributed by atoms with Crippen LogP contribution in [0.5, 0.6) is 5.75 Å². The highest BCUT2D eigenvalue weighted by Crippen LogP contribution is 2.15. The fourth-order valence-electron chi connectivity index (χ4n) is 2.61. The minimum absolute atomic E-state index is 0.394. The molecule has 0 spiro atoms. The van der Waals surface area contributed by atoms with E-state index < -0.39 is 5.97 Å². The Morgan fingerprint density at radius 1 is 1.14 bits per heavy atom. The van der Waals surface area contributed by atoms with E-state index in [-0.39, 0.29) is 0 Å². The van der Waals surface area contributed by atoms with Gasteiger partial charge in [0.25, 0.3) is 0 Å². The third-order valence-electron chi connectivity index (χ3n) is 4.05. The number of nitrogens with one attached hydrogen (secondary N) is 1. The SMILES string of the molecule is O=C(Oc1ccc(/C=N\n2c(Cc3cccs3)n[nH]c2=S)cc1)c1ccccc1. The van der Waals surface area contributed by atoms with Gasteiger partial charge >= 0.3 is 5.97 Å². The lowest BCUT2D eigenvalue weighted by atomic mass is 10.2. The Morgan fingerprint density at radius 2 is 1.93 bits per heavy atom. The van der Waals surface area contributed by atoms with Gasteiger partial charge < -0.3 is 4.74 Å². The molecule has 0 atom stereocenters. The molecular weight excluding hydrogens is 404 g/mol. The molecule has 29 heavy (non-hydrogen) atoms. The van der Waals surface area contributed by atoms with E-state index in [9.17, 15) is 4.79 Å². The lowest BCUT2D eigenvalue weighted by Crippen LogP contribution is -2.08. The number of ether oxygens (including phenoxy) is 1. The standard InChI is InChI=1S/C21H16N4O2S2/c26-20(16-5-2-1-3-6-16)27-17-10-8-15(9-11-17)14-22-25-19(23-24-21(25)28)13-18-7-4-12-29-18/h1-12,14H,13H2,(H,24,28)/b22-14-. The van der Waals surface area contributed by atoms with Crippen LogP contribution in [0.1, 0.15) is 26.6 Å². The van der Waals surface area contributed by atoms with Crippen molar-refractivity contribution in [3.05, 3.63) is 98.7 Å². The number of benzene rings is 2. The smallest absolute Gasteiger partial charge is 0.343 e. The molecule has 2 aromatic heterocycles. The van der Waals surface area contributed by atoms with E-state index in [0.29, 0.717) is 22.5 Å². The average molecular weight is 421 g/mol. The van der Waals surface area contributed by atoms with Gasteiger partial charge in [-0.2, -0.15) is 14.9 Å². The molecule has 0 aliphatic heterocycles. The molecule has 4 aromatic rings. The van der Waals surface area contributed by atoms with Gasteiger partial charge in [-0.3, -0.25) is 5.10 Å². The van der Waals surface area contributed by atoms with Crippen molar-refractivity contribution in [2.24, 2.45) is 5.10 Å². The molecule has 0 saturated heterocycles. The van der Waals surface area contributed by atoms with Gasteiger partial charge in [0.15, 0.2) is 5.82 Å². The topological polar surface area (TPSA) is 72.3 Å². The van der Waals surface area contributed by atoms with Gasteiger partial charge in [0.2, 0.25) is 4.77 Å². The minimum atomic E-state index is -0.394. The van der Waals surface area contributed by atoms with Crippen molar-refractivity contribution >= 4 is 35.7 Å². The van der Waals surface area contributed by atoms with Crippen LogP contribution >= 0.6 is 23.6 Å². The molecule has 1 N–H and O–H groups in total. The summed E-state index contributed by atoms with van der Waals surface area (Å²) in [6.07, 6.45) is 2.34. The van der Waals surface area contributed by atoms with E-state index in [4.69, 9.17) is 17.0 Å². The number of aromatic nitrogens is 3. The molecule has 144 valence electrons. The zero-order valence-electron chi connectivity index (χ0n) is 15.2. The second kappa shape index (κ2) is 8.76. The van der Waals surface area contributed by atoms with Crippen LogP contribution in [0.2, 0.25) is 0 Å². The molecule has 0 bridgehead atoms. The first-order valence-electron chi connectivity index (χ1n) is 8.79. The largest absolute Gasteiger partial charge is 0.423 e. The number of hydrogen-bond donors (Lipinski definition) is 1. The maximum Gasteiger partial charge on any atom is 0.343 e. The zero-order chi connectivity index (χ0) is 20.1. The van der Waals surface area contributed by atoms with Gasteiger partial charge in [-0.15, -0.1) is 11.3 Å². The fourth-order valence-corrected chi connectivity index (χ4v) is 3.51. The molecule has 0 aliphatic rings. The maximum atomic E-state index is 12.1. The molecule has 6 nitrogen and oxygen atoms in total. The summed E-state index contributed by atoms with van der Waals surface area (Å²) in [6.45, 7) is 0. The summed E-state index contributed by atoms with van der Waals surface area (Å²) in [6, 6.07) is 20.0. The van der Waals surface area contributed by atoms with Crippen molar-refractivity contribution in [3.63, 3.8) is 0 Å². The minimum Gasteiger partial charge on any atom is -0.423 e. The Bertz CT molecular complexity index is 1180. The molecule has 0 fully saturated rings. The Kier molecular flexibility index (Phi) is 5.73. The summed E-state index contributed by atoms with van der Waals surface area (Å²) in [5, 5.41) is 13.5. The lowest BCUT2D eigenvalue weighted by Gasteiger charge is -2.04. The van der Waals surface area contributed by atoms with E-state index >= 15 is 0 Å². The Balaban J connectivity index is 1.45. The molecule has 2 aromatic carbocycles. The zero-order valence-corrected chi connectivity index (χ0v) is 16.8. The summed E-state index contributed by atoms with van der Waals surface area (Å²) in [5.41, 5.74) is 1.35. The normalized spacial score (nSPS) is 11.0. The van der Waals surface area contributed by atoms with Gasteiger partial charge in [-0.1, -0.05) is 24.3 Å². The Labute approximate surface area is 176 Å². The van der Waals surface area contributed by atoms with Crippen molar-refractivity contribution in [2.75, 3.05) is 0 Å². The second-order valence-corrected chi connectivity index (χ2v) is 7.50. The van der Waals surface area contributed by atoms with Crippen LogP contribution in [0, 0.1) is 4.77 Å². The highest BCUT2D eigenvalue weighted by atomic mass is 32.1. The monoisotopic (exact) mass is 420 g/mol. The van der Waals surface area contributed by atoms with E-state index in [0.717, 1.165) is 11.4 Å². The van der Waals surface area contributed by atoms with E-state index in [2.05, 4.69) is 15.3 Å². The van der Waals surface area contributed by atoms with Crippen LogP contribution < -0.4 is 4.74 Å². The number of thiophene rings is 1. The molecule has 0 unspecified atom stereocenters. The summed E-state index contributed by atoms with van der Waals surface area (Å²) in [7, 11) is 0. The molecule has 2 heterocycles. The van der Waals surface area contributed by atoms with Gasteiger partial charge in [0.05, 0.1) is 11.8 Å². The summed E-state index contributed by atoms with van der Waals surface area (Å²) >= 11 is 6.94. The van der Waals surface area contributed by atoms with Crippen LogP contribution in [0.15, 0.2) is 77.2 Å². The predicted molar refractivity (Wildman–Crippen MR) is 115 cm³/mol. The number of aromatic amines is 1. The Morgan fingerprint density at radius 3 is 2.66 bits per heavy atom. The first kappa shape index (κ1) is 19.0. The number of carbonyl (C=O) groups excluding carboxylic acids is 1. The number of H-pyrrole nitrogens is 1. The lowest BCUT2D eigenvalue weighted by molar-refractivity contribution is 0.0735. The molecule has 0 aliphatic carbocycles. The number of rotatable bonds is 6. The molecule has 4 rings (SSSR count). The molecule has 8 heteroatoms. The van der Waals surface area contributed by atoms with Gasteiger partial charge in [0, 0.05) is 11.3 Å². The first-order chi connectivity index (χ1) is 14.2. The van der Waals surface area contributed by atoms with Crippen molar-refractivity contribution in [1.29, 1.82) is 0 Å². The van der Waals surface area contributed by atoms with Crippen LogP contribution in [0.25, 0.3) is 0 Å². The van der Waals surface area contributed by atoms with Crippen molar-refractivity contribution in [3.8, 4) is 5.75 Å². The number of nitrogens with zero attached hydrogens (tertiary/aromatic N) is 3. The quantitative estimate of drug-likeness (QED) is 0.212. The van der Waals surface area contributed by atoms with Crippen molar-refractivity contribution in [1.82, 2.24) is 14.9 Å². The van der Waals surface area contributed by atoms with Gasteiger partial charge in [-0.25, -0.2) is 4.79 Å². The van der Waals surface area contributed by atoms with Crippen LogP contribution in [-0.4, -0.2) is 27.1 Å². The van der Waals surface area contributed by atoms with Crippen molar-refractivity contribution in [2.45, 2.75) is 6.42 Å². The predicted octanol–water partition coefficient (Wildman–Crippen LogP) is 4.69.